The molecule has 0 aromatic carbocycles. The summed E-state index contributed by atoms with van der Waals surface area (Å²) in [7, 11) is 1.32. The van der Waals surface area contributed by atoms with Crippen molar-refractivity contribution < 1.29 is 23.8 Å². The zero-order valence-electron chi connectivity index (χ0n) is 12.3. The Bertz CT molecular complexity index is 336. The van der Waals surface area contributed by atoms with Crippen LogP contribution in [0.2, 0.25) is 0 Å². The zero-order chi connectivity index (χ0) is 14.6. The third-order valence-corrected chi connectivity index (χ3v) is 2.94. The zero-order valence-corrected chi connectivity index (χ0v) is 12.3. The molecule has 1 fully saturated rings. The Morgan fingerprint density at radius 2 is 2.05 bits per heavy atom. The van der Waals surface area contributed by atoms with E-state index < -0.39 is 12.0 Å². The van der Waals surface area contributed by atoms with E-state index in [1.165, 1.54) is 12.0 Å². The lowest BCUT2D eigenvalue weighted by atomic mass is 10.1. The van der Waals surface area contributed by atoms with Crippen molar-refractivity contribution in [3.63, 3.8) is 0 Å². The first kappa shape index (κ1) is 15.9. The van der Waals surface area contributed by atoms with Gasteiger partial charge in [-0.25, -0.2) is 4.79 Å². The molecule has 19 heavy (non-hydrogen) atoms. The van der Waals surface area contributed by atoms with Crippen LogP contribution in [0.15, 0.2) is 0 Å². The molecule has 2 atom stereocenters. The second-order valence-corrected chi connectivity index (χ2v) is 5.69. The van der Waals surface area contributed by atoms with Crippen LogP contribution in [0.25, 0.3) is 0 Å². The smallest absolute Gasteiger partial charge is 0.328 e. The van der Waals surface area contributed by atoms with Gasteiger partial charge in [-0.3, -0.25) is 4.79 Å². The topological polar surface area (TPSA) is 65.1 Å². The van der Waals surface area contributed by atoms with Crippen LogP contribution in [0.5, 0.6) is 0 Å². The monoisotopic (exact) mass is 273 g/mol. The minimum Gasteiger partial charge on any atom is -0.467 e. The molecule has 0 unspecified atom stereocenters. The molecule has 6 nitrogen and oxygen atoms in total. The second-order valence-electron chi connectivity index (χ2n) is 5.69. The maximum absolute atomic E-state index is 11.9. The maximum Gasteiger partial charge on any atom is 0.328 e. The van der Waals surface area contributed by atoms with Crippen molar-refractivity contribution in [3.05, 3.63) is 0 Å². The molecule has 0 aromatic heterocycles. The van der Waals surface area contributed by atoms with Crippen molar-refractivity contribution in [3.8, 4) is 0 Å². The predicted octanol–water partition coefficient (Wildman–Crippen LogP) is 1.14. The van der Waals surface area contributed by atoms with E-state index in [1.807, 2.05) is 20.8 Å². The third-order valence-electron chi connectivity index (χ3n) is 2.94. The highest BCUT2D eigenvalue weighted by Crippen LogP contribution is 2.25. The van der Waals surface area contributed by atoms with Crippen LogP contribution >= 0.6 is 0 Å². The summed E-state index contributed by atoms with van der Waals surface area (Å²) in [6, 6.07) is -0.554. The number of carbonyl (C=O) groups is 2. The van der Waals surface area contributed by atoms with Crippen LogP contribution in [-0.4, -0.2) is 49.1 Å². The van der Waals surface area contributed by atoms with Gasteiger partial charge in [-0.2, -0.15) is 0 Å². The number of amides is 1. The van der Waals surface area contributed by atoms with E-state index in [1.54, 1.807) is 6.92 Å². The number of methoxy groups -OCH3 is 1. The molecule has 0 aliphatic carbocycles. The summed E-state index contributed by atoms with van der Waals surface area (Å²) in [4.78, 5) is 24.9. The summed E-state index contributed by atoms with van der Waals surface area (Å²) in [5.74, 6) is -0.680. The molecular formula is C13H23NO5. The maximum atomic E-state index is 11.9. The van der Waals surface area contributed by atoms with Gasteiger partial charge in [0.1, 0.15) is 19.6 Å². The van der Waals surface area contributed by atoms with Crippen molar-refractivity contribution >= 4 is 11.9 Å². The van der Waals surface area contributed by atoms with Crippen molar-refractivity contribution in [1.29, 1.82) is 0 Å². The minimum absolute atomic E-state index is 0.0407. The lowest BCUT2D eigenvalue weighted by Gasteiger charge is -2.24. The fourth-order valence-electron chi connectivity index (χ4n) is 1.87. The normalized spacial score (nSPS) is 23.8. The molecule has 0 bridgehead atoms. The van der Waals surface area contributed by atoms with E-state index in [2.05, 4.69) is 0 Å². The number of esters is 1. The van der Waals surface area contributed by atoms with Gasteiger partial charge in [-0.15, -0.1) is 0 Å². The van der Waals surface area contributed by atoms with E-state index in [0.29, 0.717) is 6.42 Å². The molecule has 1 heterocycles. The Morgan fingerprint density at radius 1 is 1.42 bits per heavy atom. The summed E-state index contributed by atoms with van der Waals surface area (Å²) in [5, 5.41) is 0. The molecular weight excluding hydrogens is 250 g/mol. The predicted molar refractivity (Wildman–Crippen MR) is 68.1 cm³/mol. The van der Waals surface area contributed by atoms with Crippen LogP contribution in [-0.2, 0) is 23.8 Å². The Labute approximate surface area is 114 Å². The number of ether oxygens (including phenoxy) is 3. The molecule has 0 N–H and O–H groups in total. The molecule has 1 aliphatic rings. The highest BCUT2D eigenvalue weighted by molar-refractivity contribution is 5.89. The summed E-state index contributed by atoms with van der Waals surface area (Å²) in [5.41, 5.74) is -0.302. The van der Waals surface area contributed by atoms with Gasteiger partial charge in [0.15, 0.2) is 0 Å². The molecule has 0 spiro atoms. The van der Waals surface area contributed by atoms with E-state index in [-0.39, 0.29) is 30.9 Å². The molecule has 110 valence electrons. The van der Waals surface area contributed by atoms with Crippen LogP contribution in [0.3, 0.4) is 0 Å². The Kier molecular flexibility index (Phi) is 5.31. The van der Waals surface area contributed by atoms with Gasteiger partial charge in [0.05, 0.1) is 12.7 Å². The second kappa shape index (κ2) is 6.34. The van der Waals surface area contributed by atoms with Gasteiger partial charge < -0.3 is 19.1 Å². The number of rotatable bonds is 5. The van der Waals surface area contributed by atoms with Crippen LogP contribution < -0.4 is 0 Å². The van der Waals surface area contributed by atoms with Crippen molar-refractivity contribution in [2.75, 3.05) is 20.6 Å². The average Bonchev–Trinajstić information content (AvgIpc) is 2.60. The van der Waals surface area contributed by atoms with Gasteiger partial charge >= 0.3 is 5.97 Å². The van der Waals surface area contributed by atoms with Crippen molar-refractivity contribution in [2.45, 2.75) is 45.8 Å². The number of hydrogen-bond donors (Lipinski definition) is 0. The van der Waals surface area contributed by atoms with Crippen LogP contribution in [0, 0.1) is 5.92 Å². The summed E-state index contributed by atoms with van der Waals surface area (Å²) in [6.07, 6.45) is 0.467. The minimum atomic E-state index is -0.554. The number of likely N-dealkylation sites (tertiary alicyclic amines) is 1. The van der Waals surface area contributed by atoms with Gasteiger partial charge in [0, 0.05) is 5.92 Å². The highest BCUT2D eigenvalue weighted by Gasteiger charge is 2.41. The van der Waals surface area contributed by atoms with E-state index in [0.717, 1.165) is 0 Å². The first-order valence-corrected chi connectivity index (χ1v) is 6.36. The van der Waals surface area contributed by atoms with Crippen LogP contribution in [0.1, 0.15) is 34.1 Å². The Morgan fingerprint density at radius 3 is 2.58 bits per heavy atom. The fourth-order valence-corrected chi connectivity index (χ4v) is 1.87. The highest BCUT2D eigenvalue weighted by atomic mass is 16.7. The van der Waals surface area contributed by atoms with E-state index >= 15 is 0 Å². The molecule has 1 aliphatic heterocycles. The number of carbonyl (C=O) groups excluding carboxylic acids is 2. The lowest BCUT2D eigenvalue weighted by molar-refractivity contribution is -0.165. The summed E-state index contributed by atoms with van der Waals surface area (Å²) in [6.45, 7) is 7.66. The average molecular weight is 273 g/mol. The van der Waals surface area contributed by atoms with Crippen molar-refractivity contribution in [2.24, 2.45) is 5.92 Å². The Balaban J connectivity index is 2.49. The molecule has 1 saturated heterocycles. The quantitative estimate of drug-likeness (QED) is 0.427. The molecule has 0 radical (unpaired) electrons. The van der Waals surface area contributed by atoms with Gasteiger partial charge in [-0.05, 0) is 27.2 Å². The lowest BCUT2D eigenvalue weighted by Crippen LogP contribution is -2.41. The van der Waals surface area contributed by atoms with E-state index in [4.69, 9.17) is 14.2 Å². The van der Waals surface area contributed by atoms with Crippen molar-refractivity contribution in [1.82, 2.24) is 4.90 Å². The first-order chi connectivity index (χ1) is 8.76. The van der Waals surface area contributed by atoms with Gasteiger partial charge in [-0.1, -0.05) is 6.92 Å². The molecule has 1 amide bonds. The summed E-state index contributed by atoms with van der Waals surface area (Å²) >= 11 is 0. The van der Waals surface area contributed by atoms with E-state index in [9.17, 15) is 9.59 Å². The number of nitrogens with zero attached hydrogens (tertiary/aromatic N) is 1. The molecule has 1 rings (SSSR count). The first-order valence-electron chi connectivity index (χ1n) is 6.36. The van der Waals surface area contributed by atoms with Gasteiger partial charge in [0.25, 0.3) is 0 Å². The molecule has 0 aromatic rings. The standard InChI is InChI=1S/C13H23NO5/c1-9-6-10(12(16)17-5)14(11(9)15)7-18-8-19-13(2,3)4/h9-10H,6-8H2,1-5H3/t9-,10+/m1/s1. The third kappa shape index (κ3) is 4.47. The van der Waals surface area contributed by atoms with Gasteiger partial charge in [0.2, 0.25) is 5.91 Å². The van der Waals surface area contributed by atoms with Crippen LogP contribution in [0.4, 0.5) is 0 Å². The fraction of sp³-hybridized carbons (Fsp3) is 0.846. The summed E-state index contributed by atoms with van der Waals surface area (Å²) < 4.78 is 15.4. The Hall–Kier alpha value is -1.14. The largest absolute Gasteiger partial charge is 0.467 e. The molecule has 0 saturated carbocycles. The SMILES string of the molecule is COC(=O)[C@@H]1C[C@@H](C)C(=O)N1COCOC(C)(C)C. The molecule has 6 heteroatoms. The number of hydrogen-bond acceptors (Lipinski definition) is 5.